The summed E-state index contributed by atoms with van der Waals surface area (Å²) in [6.07, 6.45) is 1.37. The van der Waals surface area contributed by atoms with Crippen LogP contribution < -0.4 is 16.5 Å². The van der Waals surface area contributed by atoms with E-state index in [-0.39, 0.29) is 10.9 Å². The summed E-state index contributed by atoms with van der Waals surface area (Å²) in [5, 5.41) is 3.95. The Bertz CT molecular complexity index is 593. The van der Waals surface area contributed by atoms with E-state index in [1.165, 1.54) is 10.9 Å². The van der Waals surface area contributed by atoms with Gasteiger partial charge in [-0.25, -0.2) is 0 Å². The zero-order valence-electron chi connectivity index (χ0n) is 8.84. The Hall–Kier alpha value is -1.77. The summed E-state index contributed by atoms with van der Waals surface area (Å²) >= 11 is 0. The number of hydrogen-bond donors (Lipinski definition) is 0. The Kier molecular flexibility index (Phi) is 2.69. The molecule has 0 amide bonds. The van der Waals surface area contributed by atoms with E-state index >= 15 is 0 Å². The molecule has 1 heterocycles. The second-order valence-electron chi connectivity index (χ2n) is 3.57. The molecule has 1 aromatic carbocycles. The Morgan fingerprint density at radius 1 is 1.31 bits per heavy atom. The van der Waals surface area contributed by atoms with Gasteiger partial charge in [-0.05, 0) is 30.1 Å². The molecule has 16 heavy (non-hydrogen) atoms. The third-order valence-corrected chi connectivity index (χ3v) is 2.29. The molecule has 0 saturated carbocycles. The van der Waals surface area contributed by atoms with Gasteiger partial charge in [0.05, 0.1) is 5.69 Å². The van der Waals surface area contributed by atoms with Gasteiger partial charge in [-0.1, -0.05) is 17.6 Å². The fourth-order valence-electron chi connectivity index (χ4n) is 1.42. The van der Waals surface area contributed by atoms with Crippen molar-refractivity contribution in [1.82, 2.24) is 9.78 Å². The molecular weight excluding hydrogens is 198 g/mol. The molecule has 4 radical (unpaired) electrons. The van der Waals surface area contributed by atoms with Crippen molar-refractivity contribution >= 4 is 26.6 Å². The first-order valence-corrected chi connectivity index (χ1v) is 4.80. The van der Waals surface area contributed by atoms with Crippen LogP contribution >= 0.6 is 0 Å². The van der Waals surface area contributed by atoms with Gasteiger partial charge in [0.15, 0.2) is 0 Å². The Morgan fingerprint density at radius 2 is 2.06 bits per heavy atom. The maximum Gasteiger partial charge on any atom is 0.263 e. The Morgan fingerprint density at radius 3 is 2.75 bits per heavy atom. The number of aromatic nitrogens is 2. The van der Waals surface area contributed by atoms with Crippen molar-refractivity contribution in [3.63, 3.8) is 0 Å². The lowest BCUT2D eigenvalue weighted by Gasteiger charge is -2.07. The van der Waals surface area contributed by atoms with E-state index in [0.29, 0.717) is 5.69 Å². The molecule has 1 aromatic heterocycles. The molecule has 0 aliphatic rings. The molecule has 0 bridgehead atoms. The predicted octanol–water partition coefficient (Wildman–Crippen LogP) is -0.871. The van der Waals surface area contributed by atoms with Crippen LogP contribution in [0.25, 0.3) is 5.69 Å². The summed E-state index contributed by atoms with van der Waals surface area (Å²) in [7, 11) is 11.1. The van der Waals surface area contributed by atoms with Crippen LogP contribution in [0.2, 0.25) is 0 Å². The van der Waals surface area contributed by atoms with E-state index in [9.17, 15) is 4.79 Å². The molecule has 0 atom stereocenters. The van der Waals surface area contributed by atoms with E-state index in [0.717, 1.165) is 5.56 Å². The molecule has 0 saturated heterocycles. The van der Waals surface area contributed by atoms with Gasteiger partial charge >= 0.3 is 0 Å². The largest absolute Gasteiger partial charge is 0.268 e. The highest BCUT2D eigenvalue weighted by atomic mass is 16.1. The summed E-state index contributed by atoms with van der Waals surface area (Å²) in [6, 6.07) is 7.43. The molecule has 0 spiro atoms. The van der Waals surface area contributed by atoms with Gasteiger partial charge in [0.25, 0.3) is 5.56 Å². The van der Waals surface area contributed by atoms with Gasteiger partial charge in [0, 0.05) is 6.20 Å². The van der Waals surface area contributed by atoms with E-state index in [1.54, 1.807) is 6.07 Å². The van der Waals surface area contributed by atoms with Crippen molar-refractivity contribution in [3.05, 3.63) is 46.4 Å². The lowest BCUT2D eigenvalue weighted by Crippen LogP contribution is -2.45. The second kappa shape index (κ2) is 4.00. The smallest absolute Gasteiger partial charge is 0.263 e. The number of hydrogen-bond acceptors (Lipinski definition) is 2. The van der Waals surface area contributed by atoms with Crippen LogP contribution in [-0.4, -0.2) is 25.5 Å². The quantitative estimate of drug-likeness (QED) is 0.568. The van der Waals surface area contributed by atoms with Gasteiger partial charge in [0.2, 0.25) is 0 Å². The van der Waals surface area contributed by atoms with Crippen molar-refractivity contribution < 1.29 is 0 Å². The van der Waals surface area contributed by atoms with E-state index < -0.39 is 5.56 Å². The van der Waals surface area contributed by atoms with Crippen molar-refractivity contribution in [3.8, 4) is 5.69 Å². The normalized spacial score (nSPS) is 10.3. The predicted molar refractivity (Wildman–Crippen MR) is 65.3 cm³/mol. The molecule has 0 aliphatic heterocycles. The van der Waals surface area contributed by atoms with E-state index in [2.05, 4.69) is 5.10 Å². The molecule has 5 heteroatoms. The van der Waals surface area contributed by atoms with Gasteiger partial charge < -0.3 is 0 Å². The average Bonchev–Trinajstić information content (AvgIpc) is 2.26. The monoisotopic (exact) mass is 206 g/mol. The van der Waals surface area contributed by atoms with Crippen molar-refractivity contribution in [1.29, 1.82) is 0 Å². The molecule has 74 valence electrons. The Labute approximate surface area is 95.9 Å². The fourth-order valence-corrected chi connectivity index (χ4v) is 1.42. The summed E-state index contributed by atoms with van der Waals surface area (Å²) in [5.41, 5.74) is 1.55. The van der Waals surface area contributed by atoms with Crippen LogP contribution in [0.5, 0.6) is 0 Å². The molecular formula is C11H8B2N2O. The third-order valence-electron chi connectivity index (χ3n) is 2.29. The van der Waals surface area contributed by atoms with E-state index in [4.69, 9.17) is 15.7 Å². The highest BCUT2D eigenvalue weighted by Crippen LogP contribution is 2.05. The van der Waals surface area contributed by atoms with Crippen LogP contribution in [0, 0.1) is 6.92 Å². The summed E-state index contributed by atoms with van der Waals surface area (Å²) in [4.78, 5) is 11.8. The van der Waals surface area contributed by atoms with Crippen LogP contribution in [0.4, 0.5) is 0 Å². The van der Waals surface area contributed by atoms with Crippen LogP contribution in [0.1, 0.15) is 5.56 Å². The van der Waals surface area contributed by atoms with Crippen LogP contribution in [-0.2, 0) is 0 Å². The second-order valence-corrected chi connectivity index (χ2v) is 3.57. The standard InChI is InChI=1S/C11H8B2N2O/c1-7-3-2-4-8(5-7)15-11(16)10(13)9(12)6-14-15/h2-6H,1H3. The molecule has 0 fully saturated rings. The zero-order valence-corrected chi connectivity index (χ0v) is 8.84. The molecule has 2 rings (SSSR count). The van der Waals surface area contributed by atoms with Gasteiger partial charge in [-0.15, -0.1) is 0 Å². The maximum absolute atomic E-state index is 11.8. The minimum atomic E-state index is -0.398. The molecule has 0 N–H and O–H groups in total. The SMILES string of the molecule is [B]c1cnn(-c2cccc(C)c2)c(=O)c1[B]. The van der Waals surface area contributed by atoms with E-state index in [1.807, 2.05) is 25.1 Å². The summed E-state index contributed by atoms with van der Waals surface area (Å²) in [6.45, 7) is 1.94. The lowest BCUT2D eigenvalue weighted by molar-refractivity contribution is 0.817. The average molecular weight is 206 g/mol. The molecule has 0 unspecified atom stereocenters. The zero-order chi connectivity index (χ0) is 11.7. The highest BCUT2D eigenvalue weighted by Gasteiger charge is 2.04. The summed E-state index contributed by atoms with van der Waals surface area (Å²) < 4.78 is 1.23. The molecule has 2 aromatic rings. The number of nitrogens with zero attached hydrogens (tertiary/aromatic N) is 2. The third kappa shape index (κ3) is 1.81. The van der Waals surface area contributed by atoms with Crippen molar-refractivity contribution in [2.75, 3.05) is 0 Å². The van der Waals surface area contributed by atoms with Crippen LogP contribution in [0.3, 0.4) is 0 Å². The minimum Gasteiger partial charge on any atom is -0.268 e. The van der Waals surface area contributed by atoms with Crippen LogP contribution in [0.15, 0.2) is 35.3 Å². The maximum atomic E-state index is 11.8. The fraction of sp³-hybridized carbons (Fsp3) is 0.0909. The van der Waals surface area contributed by atoms with Crippen molar-refractivity contribution in [2.24, 2.45) is 0 Å². The summed E-state index contributed by atoms with van der Waals surface area (Å²) in [5.74, 6) is 0. The first-order chi connectivity index (χ1) is 7.59. The van der Waals surface area contributed by atoms with Gasteiger partial charge in [-0.3, -0.25) is 4.79 Å². The first-order valence-electron chi connectivity index (χ1n) is 4.80. The molecule has 0 aliphatic carbocycles. The number of benzene rings is 1. The number of rotatable bonds is 1. The number of aryl methyl sites for hydroxylation is 1. The van der Waals surface area contributed by atoms with Gasteiger partial charge in [-0.2, -0.15) is 9.78 Å². The van der Waals surface area contributed by atoms with Gasteiger partial charge in [0.1, 0.15) is 15.7 Å². The minimum absolute atomic E-state index is 0.0245. The van der Waals surface area contributed by atoms with Crippen molar-refractivity contribution in [2.45, 2.75) is 6.92 Å². The highest BCUT2D eigenvalue weighted by molar-refractivity contribution is 6.48. The topological polar surface area (TPSA) is 34.9 Å². The first kappa shape index (κ1) is 10.7. The Balaban J connectivity index is 2.66. The molecule has 3 nitrogen and oxygen atoms in total. The lowest BCUT2D eigenvalue weighted by atomic mass is 9.83.